The summed E-state index contributed by atoms with van der Waals surface area (Å²) >= 11 is 1.53. The number of nitrogens with zero attached hydrogens (tertiary/aromatic N) is 5. The van der Waals surface area contributed by atoms with Crippen molar-refractivity contribution < 1.29 is 4.74 Å². The lowest BCUT2D eigenvalue weighted by molar-refractivity contribution is 0.416. The first-order chi connectivity index (χ1) is 16.3. The van der Waals surface area contributed by atoms with Gasteiger partial charge in [0.1, 0.15) is 5.75 Å². The van der Waals surface area contributed by atoms with E-state index in [1.54, 1.807) is 7.11 Å². The third kappa shape index (κ3) is 3.72. The molecule has 0 fully saturated rings. The van der Waals surface area contributed by atoms with Gasteiger partial charge in [-0.25, -0.2) is 4.52 Å². The number of hydrogen-bond donors (Lipinski definition) is 1. The summed E-state index contributed by atoms with van der Waals surface area (Å²) in [4.78, 5) is 5.38. The summed E-state index contributed by atoms with van der Waals surface area (Å²) in [5, 5.41) is 18.6. The van der Waals surface area contributed by atoms with Gasteiger partial charge in [0, 0.05) is 16.5 Å². The molecular weight excluding hydrogens is 432 g/mol. The number of fused-ring (bicyclic) bond motifs is 2. The molecule has 0 saturated carbocycles. The van der Waals surface area contributed by atoms with Crippen LogP contribution in [0.3, 0.4) is 0 Å². The van der Waals surface area contributed by atoms with Crippen LogP contribution in [0.25, 0.3) is 27.5 Å². The van der Waals surface area contributed by atoms with E-state index in [1.165, 1.54) is 41.7 Å². The van der Waals surface area contributed by atoms with Gasteiger partial charge in [0.15, 0.2) is 5.82 Å². The predicted molar refractivity (Wildman–Crippen MR) is 130 cm³/mol. The molecule has 3 heterocycles. The zero-order valence-electron chi connectivity index (χ0n) is 18.2. The summed E-state index contributed by atoms with van der Waals surface area (Å²) in [7, 11) is 1.67. The maximum Gasteiger partial charge on any atom is 0.249 e. The average Bonchev–Trinajstić information content (AvgIpc) is 3.44. The molecule has 3 aromatic heterocycles. The fraction of sp³-hybridized carbons (Fsp3) is 0.200. The van der Waals surface area contributed by atoms with E-state index in [1.807, 2.05) is 46.3 Å². The van der Waals surface area contributed by atoms with Crippen molar-refractivity contribution in [2.24, 2.45) is 0 Å². The molecule has 0 aliphatic heterocycles. The maximum atomic E-state index is 5.51. The highest BCUT2D eigenvalue weighted by molar-refractivity contribution is 7.15. The van der Waals surface area contributed by atoms with Gasteiger partial charge in [-0.3, -0.25) is 0 Å². The minimum atomic E-state index is 0.480. The summed E-state index contributed by atoms with van der Waals surface area (Å²) in [6, 6.07) is 18.4. The predicted octanol–water partition coefficient (Wildman–Crippen LogP) is 5.55. The van der Waals surface area contributed by atoms with Crippen LogP contribution in [0.5, 0.6) is 5.75 Å². The Hall–Kier alpha value is -3.78. The Kier molecular flexibility index (Phi) is 4.99. The van der Waals surface area contributed by atoms with Gasteiger partial charge < -0.3 is 10.1 Å². The first-order valence-corrected chi connectivity index (χ1v) is 11.9. The molecule has 33 heavy (non-hydrogen) atoms. The van der Waals surface area contributed by atoms with Crippen LogP contribution < -0.4 is 10.1 Å². The van der Waals surface area contributed by atoms with Crippen LogP contribution in [0.4, 0.5) is 11.8 Å². The molecule has 0 radical (unpaired) electrons. The highest BCUT2D eigenvalue weighted by Gasteiger charge is 2.15. The van der Waals surface area contributed by atoms with Crippen molar-refractivity contribution in [3.63, 3.8) is 0 Å². The normalized spacial score (nSPS) is 13.1. The Morgan fingerprint density at radius 2 is 1.85 bits per heavy atom. The summed E-state index contributed by atoms with van der Waals surface area (Å²) in [6.45, 7) is 0. The number of para-hydroxylation sites is 1. The molecule has 0 amide bonds. The van der Waals surface area contributed by atoms with E-state index < -0.39 is 0 Å². The molecule has 0 spiro atoms. The van der Waals surface area contributed by atoms with Crippen molar-refractivity contribution in [2.75, 3.05) is 12.4 Å². The van der Waals surface area contributed by atoms with E-state index in [9.17, 15) is 0 Å². The van der Waals surface area contributed by atoms with Crippen LogP contribution in [-0.4, -0.2) is 31.9 Å². The third-order valence-corrected chi connectivity index (χ3v) is 6.83. The highest BCUT2D eigenvalue weighted by atomic mass is 32.1. The van der Waals surface area contributed by atoms with Crippen LogP contribution in [0.15, 0.2) is 60.0 Å². The number of nitrogens with one attached hydrogen (secondary N) is 1. The number of hydrogen-bond acceptors (Lipinski definition) is 7. The highest BCUT2D eigenvalue weighted by Crippen LogP contribution is 2.33. The Labute approximate surface area is 195 Å². The van der Waals surface area contributed by atoms with E-state index in [2.05, 4.69) is 43.8 Å². The van der Waals surface area contributed by atoms with Gasteiger partial charge in [0.2, 0.25) is 10.9 Å². The van der Waals surface area contributed by atoms with Crippen LogP contribution in [-0.2, 0) is 12.8 Å². The molecular formula is C25H22N6OS. The van der Waals surface area contributed by atoms with Gasteiger partial charge in [-0.2, -0.15) is 4.98 Å². The number of methoxy groups -OCH3 is 1. The second kappa shape index (κ2) is 8.29. The molecule has 0 unspecified atom stereocenters. The topological polar surface area (TPSA) is 77.2 Å². The molecule has 1 aliphatic rings. The standard InChI is InChI=1S/C25H22N6OS/c1-32-22-9-5-4-8-19(22)21-15-33-25-27-24(30-31(21)25)26-23-13-12-20(28-29-23)18-11-10-16-6-2-3-7-17(16)14-18/h4-5,8-15H,2-3,6-7H2,1H3,(H,26,29,30). The second-order valence-corrected chi connectivity index (χ2v) is 8.91. The molecule has 0 bridgehead atoms. The van der Waals surface area contributed by atoms with Crippen molar-refractivity contribution >= 4 is 28.1 Å². The number of benzene rings is 2. The number of ether oxygens (including phenoxy) is 1. The molecule has 1 aliphatic carbocycles. The van der Waals surface area contributed by atoms with Gasteiger partial charge in [0.25, 0.3) is 0 Å². The zero-order chi connectivity index (χ0) is 22.2. The van der Waals surface area contributed by atoms with Crippen LogP contribution in [0.1, 0.15) is 24.0 Å². The van der Waals surface area contributed by atoms with Crippen molar-refractivity contribution in [3.8, 4) is 28.3 Å². The first kappa shape index (κ1) is 19.9. The number of aromatic nitrogens is 5. The van der Waals surface area contributed by atoms with Gasteiger partial charge in [-0.1, -0.05) is 24.3 Å². The van der Waals surface area contributed by atoms with E-state index >= 15 is 0 Å². The zero-order valence-corrected chi connectivity index (χ0v) is 19.0. The van der Waals surface area contributed by atoms with Gasteiger partial charge in [-0.05, 0) is 67.1 Å². The fourth-order valence-corrected chi connectivity index (χ4v) is 5.16. The molecule has 5 aromatic rings. The third-order valence-electron chi connectivity index (χ3n) is 6.01. The van der Waals surface area contributed by atoms with E-state index in [-0.39, 0.29) is 0 Å². The molecule has 0 atom stereocenters. The number of thiazole rings is 1. The van der Waals surface area contributed by atoms with Crippen LogP contribution in [0.2, 0.25) is 0 Å². The molecule has 7 nitrogen and oxygen atoms in total. The first-order valence-electron chi connectivity index (χ1n) is 11.0. The van der Waals surface area contributed by atoms with Crippen molar-refractivity contribution in [1.29, 1.82) is 0 Å². The van der Waals surface area contributed by atoms with Crippen molar-refractivity contribution in [1.82, 2.24) is 24.8 Å². The lowest BCUT2D eigenvalue weighted by Gasteiger charge is -2.16. The van der Waals surface area contributed by atoms with E-state index in [4.69, 9.17) is 4.74 Å². The smallest absolute Gasteiger partial charge is 0.249 e. The molecule has 6 rings (SSSR count). The number of aryl methyl sites for hydroxylation is 2. The Morgan fingerprint density at radius 1 is 0.970 bits per heavy atom. The van der Waals surface area contributed by atoms with Gasteiger partial charge in [-0.15, -0.1) is 26.6 Å². The Balaban J connectivity index is 1.25. The largest absolute Gasteiger partial charge is 0.496 e. The maximum absolute atomic E-state index is 5.51. The average molecular weight is 455 g/mol. The van der Waals surface area contributed by atoms with E-state index in [0.29, 0.717) is 11.8 Å². The van der Waals surface area contributed by atoms with E-state index in [0.717, 1.165) is 39.6 Å². The molecule has 1 N–H and O–H groups in total. The SMILES string of the molecule is COc1ccccc1-c1csc2nc(Nc3ccc(-c4ccc5c(c4)CCCC5)nn3)nn12. The number of rotatable bonds is 5. The van der Waals surface area contributed by atoms with Crippen LogP contribution in [0, 0.1) is 0 Å². The monoisotopic (exact) mass is 454 g/mol. The quantitative estimate of drug-likeness (QED) is 0.375. The summed E-state index contributed by atoms with van der Waals surface area (Å²) in [5.74, 6) is 1.88. The van der Waals surface area contributed by atoms with Crippen molar-refractivity contribution in [2.45, 2.75) is 25.7 Å². The summed E-state index contributed by atoms with van der Waals surface area (Å²) < 4.78 is 7.33. The molecule has 164 valence electrons. The second-order valence-electron chi connectivity index (χ2n) is 8.07. The minimum Gasteiger partial charge on any atom is -0.496 e. The van der Waals surface area contributed by atoms with Gasteiger partial charge in [0.05, 0.1) is 18.5 Å². The summed E-state index contributed by atoms with van der Waals surface area (Å²) in [6.07, 6.45) is 4.87. The lowest BCUT2D eigenvalue weighted by Crippen LogP contribution is -2.03. The lowest BCUT2D eigenvalue weighted by atomic mass is 9.90. The van der Waals surface area contributed by atoms with Crippen LogP contribution >= 0.6 is 11.3 Å². The number of anilines is 2. The Morgan fingerprint density at radius 3 is 2.70 bits per heavy atom. The van der Waals surface area contributed by atoms with Crippen molar-refractivity contribution in [3.05, 3.63) is 71.1 Å². The fourth-order valence-electron chi connectivity index (χ4n) is 4.34. The minimum absolute atomic E-state index is 0.480. The van der Waals surface area contributed by atoms with Gasteiger partial charge >= 0.3 is 0 Å². The molecule has 2 aromatic carbocycles. The summed E-state index contributed by atoms with van der Waals surface area (Å²) in [5.41, 5.74) is 6.78. The Bertz CT molecular complexity index is 1440. The molecule has 8 heteroatoms. The molecule has 0 saturated heterocycles.